The second kappa shape index (κ2) is 6.71. The summed E-state index contributed by atoms with van der Waals surface area (Å²) < 4.78 is 0. The number of rotatable bonds is 2. The van der Waals surface area contributed by atoms with E-state index in [1.165, 1.54) is 5.56 Å². The van der Waals surface area contributed by atoms with Crippen molar-refractivity contribution in [2.45, 2.75) is 32.6 Å². The highest BCUT2D eigenvalue weighted by Crippen LogP contribution is 2.28. The number of halogens is 1. The smallest absolute Gasteiger partial charge is 0.254 e. The van der Waals surface area contributed by atoms with E-state index in [1.54, 1.807) is 0 Å². The predicted octanol–water partition coefficient (Wildman–Crippen LogP) is 4.37. The fourth-order valence-corrected chi connectivity index (χ4v) is 3.44. The lowest BCUT2D eigenvalue weighted by Crippen LogP contribution is -2.39. The predicted molar refractivity (Wildman–Crippen MR) is 93.0 cm³/mol. The molecule has 2 aromatic rings. The lowest BCUT2D eigenvalue weighted by Gasteiger charge is -2.33. The maximum absolute atomic E-state index is 12.8. The van der Waals surface area contributed by atoms with Gasteiger partial charge < -0.3 is 4.90 Å². The second-order valence-electron chi connectivity index (χ2n) is 6.28. The van der Waals surface area contributed by atoms with Crippen LogP contribution in [0.4, 0.5) is 0 Å². The van der Waals surface area contributed by atoms with E-state index in [2.05, 4.69) is 17.1 Å². The molecule has 1 aromatic carbocycles. The lowest BCUT2D eigenvalue weighted by molar-refractivity contribution is 0.0706. The molecule has 23 heavy (non-hydrogen) atoms. The van der Waals surface area contributed by atoms with Crippen LogP contribution in [0, 0.1) is 13.8 Å². The highest BCUT2D eigenvalue weighted by atomic mass is 35.5. The van der Waals surface area contributed by atoms with Crippen LogP contribution in [-0.4, -0.2) is 28.9 Å². The van der Waals surface area contributed by atoms with Crippen molar-refractivity contribution in [3.63, 3.8) is 0 Å². The van der Waals surface area contributed by atoms with Crippen LogP contribution in [0.2, 0.25) is 5.02 Å². The van der Waals surface area contributed by atoms with Crippen molar-refractivity contribution in [2.75, 3.05) is 13.1 Å². The Morgan fingerprint density at radius 3 is 2.48 bits per heavy atom. The van der Waals surface area contributed by atoms with Crippen molar-refractivity contribution in [1.29, 1.82) is 0 Å². The molecule has 1 unspecified atom stereocenters. The molecule has 1 aliphatic heterocycles. The monoisotopic (exact) mass is 328 g/mol. The molecular weight excluding hydrogens is 308 g/mol. The quantitative estimate of drug-likeness (QED) is 0.820. The van der Waals surface area contributed by atoms with E-state index in [9.17, 15) is 4.79 Å². The van der Waals surface area contributed by atoms with Crippen LogP contribution in [0.25, 0.3) is 0 Å². The number of nitrogens with zero attached hydrogens (tertiary/aromatic N) is 2. The first-order valence-corrected chi connectivity index (χ1v) is 8.41. The van der Waals surface area contributed by atoms with Gasteiger partial charge in [-0.1, -0.05) is 23.7 Å². The van der Waals surface area contributed by atoms with Gasteiger partial charge in [0.15, 0.2) is 0 Å². The molecule has 4 heteroatoms. The van der Waals surface area contributed by atoms with Crippen LogP contribution in [0.1, 0.15) is 46.1 Å². The van der Waals surface area contributed by atoms with Crippen LogP contribution >= 0.6 is 11.6 Å². The summed E-state index contributed by atoms with van der Waals surface area (Å²) in [6.45, 7) is 5.44. The van der Waals surface area contributed by atoms with Crippen LogP contribution in [0.15, 0.2) is 36.4 Å². The van der Waals surface area contributed by atoms with E-state index in [-0.39, 0.29) is 5.91 Å². The minimum Gasteiger partial charge on any atom is -0.338 e. The average molecular weight is 329 g/mol. The van der Waals surface area contributed by atoms with E-state index in [0.717, 1.165) is 47.9 Å². The van der Waals surface area contributed by atoms with Gasteiger partial charge in [0, 0.05) is 41.0 Å². The number of benzene rings is 1. The van der Waals surface area contributed by atoms with Crippen LogP contribution in [-0.2, 0) is 0 Å². The van der Waals surface area contributed by atoms with Crippen LogP contribution in [0.3, 0.4) is 0 Å². The molecule has 0 N–H and O–H groups in total. The van der Waals surface area contributed by atoms with Gasteiger partial charge in [-0.15, -0.1) is 0 Å². The molecule has 1 amide bonds. The zero-order valence-electron chi connectivity index (χ0n) is 13.6. The lowest BCUT2D eigenvalue weighted by atomic mass is 9.90. The first-order chi connectivity index (χ1) is 11.0. The van der Waals surface area contributed by atoms with Gasteiger partial charge >= 0.3 is 0 Å². The summed E-state index contributed by atoms with van der Waals surface area (Å²) >= 11 is 5.97. The SMILES string of the molecule is Cc1cc(C(=O)N2CCCC(c3ccc(Cl)cc3)C2)cc(C)n1. The number of amides is 1. The van der Waals surface area contributed by atoms with Gasteiger partial charge in [0.05, 0.1) is 0 Å². The Morgan fingerprint density at radius 2 is 1.83 bits per heavy atom. The highest BCUT2D eigenvalue weighted by Gasteiger charge is 2.25. The molecule has 1 aliphatic rings. The first-order valence-electron chi connectivity index (χ1n) is 8.03. The Bertz CT molecular complexity index is 692. The normalized spacial score (nSPS) is 18.0. The fourth-order valence-electron chi connectivity index (χ4n) is 3.31. The third-order valence-corrected chi connectivity index (χ3v) is 4.63. The average Bonchev–Trinajstić information content (AvgIpc) is 2.54. The highest BCUT2D eigenvalue weighted by molar-refractivity contribution is 6.30. The van der Waals surface area contributed by atoms with E-state index >= 15 is 0 Å². The van der Waals surface area contributed by atoms with E-state index in [1.807, 2.05) is 43.0 Å². The number of carbonyl (C=O) groups excluding carboxylic acids is 1. The summed E-state index contributed by atoms with van der Waals surface area (Å²) in [4.78, 5) is 19.1. The van der Waals surface area contributed by atoms with Crippen LogP contribution < -0.4 is 0 Å². The number of hydrogen-bond acceptors (Lipinski definition) is 2. The molecule has 1 atom stereocenters. The van der Waals surface area contributed by atoms with Crippen molar-refractivity contribution in [1.82, 2.24) is 9.88 Å². The van der Waals surface area contributed by atoms with Gasteiger partial charge in [-0.2, -0.15) is 0 Å². The summed E-state index contributed by atoms with van der Waals surface area (Å²) in [5.74, 6) is 0.492. The third kappa shape index (κ3) is 3.73. The standard InChI is InChI=1S/C19H21ClN2O/c1-13-10-17(11-14(2)21-13)19(23)22-9-3-4-16(12-22)15-5-7-18(20)8-6-15/h5-8,10-11,16H,3-4,9,12H2,1-2H3. The van der Waals surface area contributed by atoms with Crippen molar-refractivity contribution in [3.8, 4) is 0 Å². The number of aromatic nitrogens is 1. The van der Waals surface area contributed by atoms with E-state index in [4.69, 9.17) is 11.6 Å². The molecule has 3 nitrogen and oxygen atoms in total. The topological polar surface area (TPSA) is 33.2 Å². The second-order valence-corrected chi connectivity index (χ2v) is 6.72. The van der Waals surface area contributed by atoms with Crippen molar-refractivity contribution < 1.29 is 4.79 Å². The third-order valence-electron chi connectivity index (χ3n) is 4.38. The summed E-state index contributed by atoms with van der Waals surface area (Å²) in [6.07, 6.45) is 2.14. The van der Waals surface area contributed by atoms with Gasteiger partial charge in [-0.3, -0.25) is 9.78 Å². The van der Waals surface area contributed by atoms with Crippen molar-refractivity contribution in [2.24, 2.45) is 0 Å². The Balaban J connectivity index is 1.77. The first kappa shape index (κ1) is 16.0. The molecule has 3 rings (SSSR count). The molecule has 1 fully saturated rings. The molecule has 0 bridgehead atoms. The number of hydrogen-bond donors (Lipinski definition) is 0. The van der Waals surface area contributed by atoms with Crippen LogP contribution in [0.5, 0.6) is 0 Å². The van der Waals surface area contributed by atoms with Gasteiger partial charge in [-0.05, 0) is 56.5 Å². The number of aryl methyl sites for hydroxylation is 2. The number of likely N-dealkylation sites (tertiary alicyclic amines) is 1. The maximum Gasteiger partial charge on any atom is 0.254 e. The summed E-state index contributed by atoms with van der Waals surface area (Å²) in [6, 6.07) is 11.7. The van der Waals surface area contributed by atoms with Crippen molar-refractivity contribution >= 4 is 17.5 Å². The molecular formula is C19H21ClN2O. The number of piperidine rings is 1. The van der Waals surface area contributed by atoms with Gasteiger partial charge in [0.2, 0.25) is 0 Å². The molecule has 2 heterocycles. The fraction of sp³-hybridized carbons (Fsp3) is 0.368. The Morgan fingerprint density at radius 1 is 1.17 bits per heavy atom. The minimum atomic E-state index is 0.109. The maximum atomic E-state index is 12.8. The zero-order chi connectivity index (χ0) is 16.4. The molecule has 1 saturated heterocycles. The number of carbonyl (C=O) groups is 1. The Kier molecular flexibility index (Phi) is 4.67. The van der Waals surface area contributed by atoms with Gasteiger partial charge in [-0.25, -0.2) is 0 Å². The molecule has 120 valence electrons. The van der Waals surface area contributed by atoms with Gasteiger partial charge in [0.25, 0.3) is 5.91 Å². The van der Waals surface area contributed by atoms with E-state index in [0.29, 0.717) is 5.92 Å². The number of pyridine rings is 1. The zero-order valence-corrected chi connectivity index (χ0v) is 14.3. The summed E-state index contributed by atoms with van der Waals surface area (Å²) in [7, 11) is 0. The largest absolute Gasteiger partial charge is 0.338 e. The van der Waals surface area contributed by atoms with E-state index < -0.39 is 0 Å². The van der Waals surface area contributed by atoms with Gasteiger partial charge in [0.1, 0.15) is 0 Å². The minimum absolute atomic E-state index is 0.109. The molecule has 0 saturated carbocycles. The summed E-state index contributed by atoms with van der Waals surface area (Å²) in [5.41, 5.74) is 3.78. The summed E-state index contributed by atoms with van der Waals surface area (Å²) in [5, 5.41) is 0.750. The Labute approximate surface area is 142 Å². The Hall–Kier alpha value is -1.87. The molecule has 0 radical (unpaired) electrons. The van der Waals surface area contributed by atoms with Crippen molar-refractivity contribution in [3.05, 3.63) is 63.9 Å². The molecule has 0 spiro atoms. The molecule has 1 aromatic heterocycles. The molecule has 0 aliphatic carbocycles.